The first kappa shape index (κ1) is 29.1. The Morgan fingerprint density at radius 2 is 1.68 bits per heavy atom. The van der Waals surface area contributed by atoms with Gasteiger partial charge in [-0.3, -0.25) is 4.79 Å². The van der Waals surface area contributed by atoms with Gasteiger partial charge in [0.2, 0.25) is 0 Å². The second-order valence-electron chi connectivity index (χ2n) is 14.0. The topological polar surface area (TPSA) is 72.0 Å². The summed E-state index contributed by atoms with van der Waals surface area (Å²) in [4.78, 5) is 34.3. The normalized spacial score (nSPS) is 23.0. The third-order valence-electron chi connectivity index (χ3n) is 8.82. The van der Waals surface area contributed by atoms with E-state index >= 15 is 0 Å². The van der Waals surface area contributed by atoms with Crippen molar-refractivity contribution in [2.45, 2.75) is 103 Å². The zero-order chi connectivity index (χ0) is 28.9. The van der Waals surface area contributed by atoms with Gasteiger partial charge in [-0.2, -0.15) is 0 Å². The molecule has 0 bridgehead atoms. The number of morpholine rings is 1. The Kier molecular flexibility index (Phi) is 7.81. The Hall–Kier alpha value is -2.45. The fraction of sp³-hybridized carbons (Fsp3) is 0.656. The molecule has 0 N–H and O–H groups in total. The van der Waals surface area contributed by atoms with E-state index in [0.29, 0.717) is 32.2 Å². The maximum absolute atomic E-state index is 13.3. The highest BCUT2D eigenvalue weighted by Gasteiger charge is 2.38. The number of nitrogens with zero attached hydrogens (tertiary/aromatic N) is 3. The highest BCUT2D eigenvalue weighted by atomic mass is 32.1. The van der Waals surface area contributed by atoms with E-state index in [-0.39, 0.29) is 23.3 Å². The Bertz CT molecular complexity index is 1250. The largest absolute Gasteiger partial charge is 0.444 e. The van der Waals surface area contributed by atoms with Crippen LogP contribution < -0.4 is 0 Å². The van der Waals surface area contributed by atoms with Crippen molar-refractivity contribution in [1.82, 2.24) is 14.8 Å². The molecule has 218 valence electrons. The Morgan fingerprint density at radius 3 is 2.35 bits per heavy atom. The summed E-state index contributed by atoms with van der Waals surface area (Å²) in [5.41, 5.74) is 4.99. The molecular weight excluding hydrogens is 522 g/mol. The third-order valence-corrected chi connectivity index (χ3v) is 9.83. The van der Waals surface area contributed by atoms with Gasteiger partial charge in [0.15, 0.2) is 6.10 Å². The van der Waals surface area contributed by atoms with Gasteiger partial charge in [-0.25, -0.2) is 9.78 Å². The summed E-state index contributed by atoms with van der Waals surface area (Å²) in [6.07, 6.45) is 3.14. The van der Waals surface area contributed by atoms with Crippen molar-refractivity contribution in [2.75, 3.05) is 32.8 Å². The van der Waals surface area contributed by atoms with Crippen LogP contribution in [0.3, 0.4) is 0 Å². The molecule has 40 heavy (non-hydrogen) atoms. The molecule has 5 rings (SSSR count). The molecule has 2 aliphatic heterocycles. The quantitative estimate of drug-likeness (QED) is 0.423. The number of benzene rings is 1. The average Bonchev–Trinajstić information content (AvgIpc) is 3.40. The highest BCUT2D eigenvalue weighted by Crippen LogP contribution is 2.47. The first-order valence-electron chi connectivity index (χ1n) is 14.7. The summed E-state index contributed by atoms with van der Waals surface area (Å²) in [5, 5.41) is 3.35. The predicted octanol–water partition coefficient (Wildman–Crippen LogP) is 6.50. The minimum atomic E-state index is -0.637. The smallest absolute Gasteiger partial charge is 0.410 e. The summed E-state index contributed by atoms with van der Waals surface area (Å²) in [6, 6.07) is 6.94. The van der Waals surface area contributed by atoms with Crippen LogP contribution in [0.5, 0.6) is 0 Å². The molecule has 8 heteroatoms. The minimum absolute atomic E-state index is 0.0360. The Morgan fingerprint density at radius 1 is 1.00 bits per heavy atom. The zero-order valence-corrected chi connectivity index (χ0v) is 26.0. The number of aromatic nitrogens is 1. The molecule has 2 amide bonds. The van der Waals surface area contributed by atoms with E-state index < -0.39 is 17.8 Å². The van der Waals surface area contributed by atoms with Gasteiger partial charge in [0, 0.05) is 36.5 Å². The number of likely N-dealkylation sites (tertiary alicyclic amines) is 1. The van der Waals surface area contributed by atoms with Crippen LogP contribution in [-0.2, 0) is 25.1 Å². The summed E-state index contributed by atoms with van der Waals surface area (Å²) in [6.45, 7) is 17.3. The molecule has 7 nitrogen and oxygen atoms in total. The molecule has 1 aromatic heterocycles. The summed E-state index contributed by atoms with van der Waals surface area (Å²) >= 11 is 1.74. The van der Waals surface area contributed by atoms with Crippen LogP contribution in [0, 0.1) is 0 Å². The molecule has 0 saturated carbocycles. The number of amides is 2. The van der Waals surface area contributed by atoms with E-state index in [1.54, 1.807) is 16.2 Å². The number of carbonyl (C=O) groups excluding carboxylic acids is 2. The molecule has 1 atom stereocenters. The van der Waals surface area contributed by atoms with Crippen LogP contribution >= 0.6 is 11.3 Å². The van der Waals surface area contributed by atoms with Crippen LogP contribution in [0.4, 0.5) is 4.79 Å². The van der Waals surface area contributed by atoms with Crippen molar-refractivity contribution in [3.63, 3.8) is 0 Å². The first-order chi connectivity index (χ1) is 18.7. The molecule has 1 aromatic carbocycles. The van der Waals surface area contributed by atoms with Crippen molar-refractivity contribution in [3.8, 4) is 11.3 Å². The number of ether oxygens (including phenoxy) is 2. The van der Waals surface area contributed by atoms with Crippen LogP contribution in [0.2, 0.25) is 0 Å². The first-order valence-corrected chi connectivity index (χ1v) is 15.6. The van der Waals surface area contributed by atoms with E-state index in [2.05, 4.69) is 51.3 Å². The molecule has 0 radical (unpaired) electrons. The molecule has 0 spiro atoms. The lowest BCUT2D eigenvalue weighted by atomic mass is 9.63. The van der Waals surface area contributed by atoms with Crippen molar-refractivity contribution in [2.24, 2.45) is 0 Å². The average molecular weight is 568 g/mol. The van der Waals surface area contributed by atoms with Crippen molar-refractivity contribution in [1.29, 1.82) is 0 Å². The number of fused-ring (bicyclic) bond motifs is 1. The zero-order valence-electron chi connectivity index (χ0n) is 25.2. The SMILES string of the molecule is CC(C)(C)OC(=O)N1CCOC(C(=O)N2CCC(c3nc(-c4ccc5c(c4)C(C)(C)CCC5(C)C)cs3)CC2)C1. The summed E-state index contributed by atoms with van der Waals surface area (Å²) in [5.74, 6) is 0.312. The van der Waals surface area contributed by atoms with Crippen molar-refractivity contribution < 1.29 is 19.1 Å². The minimum Gasteiger partial charge on any atom is -0.444 e. The number of carbonyl (C=O) groups is 2. The van der Waals surface area contributed by atoms with Gasteiger partial charge >= 0.3 is 6.09 Å². The fourth-order valence-corrected chi connectivity index (χ4v) is 7.20. The lowest BCUT2D eigenvalue weighted by Crippen LogP contribution is -2.54. The number of piperidine rings is 1. The standard InChI is InChI=1S/C32H45N3O4S/c1-30(2,3)39-29(37)35-16-17-38-26(19-35)28(36)34-14-10-21(11-15-34)27-33-25(20-40-27)22-8-9-23-24(18-22)32(6,7)13-12-31(23,4)5/h8-9,18,20-21,26H,10-17,19H2,1-7H3. The van der Waals surface area contributed by atoms with Crippen LogP contribution in [0.15, 0.2) is 23.6 Å². The van der Waals surface area contributed by atoms with Gasteiger partial charge in [-0.05, 0) is 74.5 Å². The summed E-state index contributed by atoms with van der Waals surface area (Å²) in [7, 11) is 0. The lowest BCUT2D eigenvalue weighted by Gasteiger charge is -2.42. The van der Waals surface area contributed by atoms with Crippen molar-refractivity contribution in [3.05, 3.63) is 39.7 Å². The van der Waals surface area contributed by atoms with E-state index in [9.17, 15) is 9.59 Å². The number of thiazole rings is 1. The fourth-order valence-electron chi connectivity index (χ4n) is 6.20. The maximum Gasteiger partial charge on any atom is 0.410 e. The number of hydrogen-bond acceptors (Lipinski definition) is 6. The Balaban J connectivity index is 1.20. The monoisotopic (exact) mass is 567 g/mol. The lowest BCUT2D eigenvalue weighted by molar-refractivity contribution is -0.149. The van der Waals surface area contributed by atoms with Crippen LogP contribution in [0.25, 0.3) is 11.3 Å². The van der Waals surface area contributed by atoms with Crippen molar-refractivity contribution >= 4 is 23.3 Å². The molecule has 2 saturated heterocycles. The Labute approximate surface area is 243 Å². The van der Waals surface area contributed by atoms with Gasteiger partial charge in [-0.15, -0.1) is 11.3 Å². The van der Waals surface area contributed by atoms with Crippen LogP contribution in [-0.4, -0.2) is 71.3 Å². The van der Waals surface area contributed by atoms with Gasteiger partial charge in [0.25, 0.3) is 5.91 Å². The molecular formula is C32H45N3O4S. The van der Waals surface area contributed by atoms with E-state index in [4.69, 9.17) is 14.5 Å². The van der Waals surface area contributed by atoms with Crippen LogP contribution in [0.1, 0.15) is 96.2 Å². The molecule has 1 aliphatic carbocycles. The third kappa shape index (κ3) is 6.08. The van der Waals surface area contributed by atoms with Gasteiger partial charge < -0.3 is 19.3 Å². The highest BCUT2D eigenvalue weighted by molar-refractivity contribution is 7.10. The molecule has 2 fully saturated rings. The van der Waals surface area contributed by atoms with Gasteiger partial charge in [-0.1, -0.05) is 39.8 Å². The van der Waals surface area contributed by atoms with Gasteiger partial charge in [0.1, 0.15) is 5.60 Å². The second-order valence-corrected chi connectivity index (χ2v) is 14.9. The van der Waals surface area contributed by atoms with Gasteiger partial charge in [0.05, 0.1) is 23.9 Å². The molecule has 2 aromatic rings. The maximum atomic E-state index is 13.3. The number of rotatable bonds is 3. The predicted molar refractivity (Wildman–Crippen MR) is 159 cm³/mol. The molecule has 1 unspecified atom stereocenters. The second kappa shape index (κ2) is 10.8. The summed E-state index contributed by atoms with van der Waals surface area (Å²) < 4.78 is 11.3. The molecule has 3 aliphatic rings. The van der Waals surface area contributed by atoms with E-state index in [1.165, 1.54) is 29.5 Å². The van der Waals surface area contributed by atoms with E-state index in [0.717, 1.165) is 23.5 Å². The molecule has 3 heterocycles. The van der Waals surface area contributed by atoms with E-state index in [1.807, 2.05) is 25.7 Å². The number of hydrogen-bond donors (Lipinski definition) is 0.